The van der Waals surface area contributed by atoms with Gasteiger partial charge >= 0.3 is 0 Å². The maximum Gasteiger partial charge on any atom is 0.269 e. The fourth-order valence-electron chi connectivity index (χ4n) is 1.39. The Morgan fingerprint density at radius 2 is 2.14 bits per heavy atom. The molecule has 8 nitrogen and oxygen atoms in total. The van der Waals surface area contributed by atoms with E-state index in [1.807, 2.05) is 12.3 Å². The second-order valence-electron chi connectivity index (χ2n) is 4.08. The third kappa shape index (κ3) is 4.52. The van der Waals surface area contributed by atoms with Crippen LogP contribution in [0.5, 0.6) is 0 Å². The van der Waals surface area contributed by atoms with Gasteiger partial charge in [0, 0.05) is 31.0 Å². The maximum atomic E-state index is 12.0. The van der Waals surface area contributed by atoms with E-state index in [0.29, 0.717) is 6.42 Å². The number of hydrogen-bond acceptors (Lipinski definition) is 8. The van der Waals surface area contributed by atoms with Crippen LogP contribution < -0.4 is 10.0 Å². The summed E-state index contributed by atoms with van der Waals surface area (Å²) < 4.78 is 26.2. The molecule has 114 valence electrons. The highest BCUT2D eigenvalue weighted by Gasteiger charge is 2.20. The molecule has 0 atom stereocenters. The van der Waals surface area contributed by atoms with E-state index >= 15 is 0 Å². The number of carbonyl (C=O) groups is 1. The van der Waals surface area contributed by atoms with Gasteiger partial charge in [-0.1, -0.05) is 11.3 Å². The number of hydrogen-bond donors (Lipinski definition) is 2. The number of nitrogens with zero attached hydrogens (tertiary/aromatic N) is 3. The van der Waals surface area contributed by atoms with Gasteiger partial charge in [-0.2, -0.15) is 0 Å². The Kier molecular flexibility index (Phi) is 4.98. The van der Waals surface area contributed by atoms with Crippen molar-refractivity contribution in [3.05, 3.63) is 16.1 Å². The summed E-state index contributed by atoms with van der Waals surface area (Å²) >= 11 is 2.29. The molecule has 2 N–H and O–H groups in total. The summed E-state index contributed by atoms with van der Waals surface area (Å²) in [6.45, 7) is 3.42. The largest absolute Gasteiger partial charge is 0.301 e. The van der Waals surface area contributed by atoms with Crippen LogP contribution in [0.4, 0.5) is 5.13 Å². The summed E-state index contributed by atoms with van der Waals surface area (Å²) in [5, 5.41) is 12.5. The van der Waals surface area contributed by atoms with E-state index in [-0.39, 0.29) is 21.9 Å². The first-order valence-electron chi connectivity index (χ1n) is 5.88. The Morgan fingerprint density at radius 1 is 1.38 bits per heavy atom. The average molecular weight is 347 g/mol. The van der Waals surface area contributed by atoms with Crippen LogP contribution in [-0.2, 0) is 21.2 Å². The minimum absolute atomic E-state index is 0.151. The lowest BCUT2D eigenvalue weighted by atomic mass is 10.4. The smallest absolute Gasteiger partial charge is 0.269 e. The zero-order chi connectivity index (χ0) is 15.5. The number of rotatable bonds is 6. The molecule has 21 heavy (non-hydrogen) atoms. The fraction of sp³-hybridized carbons (Fsp3) is 0.400. The quantitative estimate of drug-likeness (QED) is 0.747. The van der Waals surface area contributed by atoms with Crippen LogP contribution in [0.25, 0.3) is 0 Å². The minimum Gasteiger partial charge on any atom is -0.301 e. The van der Waals surface area contributed by atoms with Crippen molar-refractivity contribution in [1.29, 1.82) is 0 Å². The van der Waals surface area contributed by atoms with E-state index in [9.17, 15) is 13.2 Å². The molecule has 2 heterocycles. The van der Waals surface area contributed by atoms with E-state index in [0.717, 1.165) is 22.0 Å². The van der Waals surface area contributed by atoms with Crippen LogP contribution in [0.2, 0.25) is 0 Å². The van der Waals surface area contributed by atoms with Crippen molar-refractivity contribution in [2.24, 2.45) is 0 Å². The number of aryl methyl sites for hydroxylation is 1. The monoisotopic (exact) mass is 347 g/mol. The second-order valence-corrected chi connectivity index (χ2v) is 7.95. The molecule has 0 radical (unpaired) electrons. The summed E-state index contributed by atoms with van der Waals surface area (Å²) in [5.74, 6) is -0.331. The molecule has 1 amide bonds. The van der Waals surface area contributed by atoms with Crippen LogP contribution in [0, 0.1) is 6.92 Å². The van der Waals surface area contributed by atoms with Gasteiger partial charge in [0.15, 0.2) is 0 Å². The lowest BCUT2D eigenvalue weighted by molar-refractivity contribution is -0.114. The molecule has 0 saturated heterocycles. The predicted molar refractivity (Wildman–Crippen MR) is 80.0 cm³/mol. The molecule has 11 heteroatoms. The second kappa shape index (κ2) is 6.56. The zero-order valence-electron chi connectivity index (χ0n) is 11.3. The van der Waals surface area contributed by atoms with Crippen molar-refractivity contribution in [2.75, 3.05) is 11.9 Å². The molecule has 0 aliphatic rings. The fourth-order valence-corrected chi connectivity index (χ4v) is 4.19. The molecule has 0 saturated carbocycles. The highest BCUT2D eigenvalue weighted by molar-refractivity contribution is 7.91. The molecule has 0 unspecified atom stereocenters. The number of nitrogens with one attached hydrogen (secondary N) is 2. The van der Waals surface area contributed by atoms with Crippen molar-refractivity contribution >= 4 is 43.7 Å². The molecular weight excluding hydrogens is 334 g/mol. The zero-order valence-corrected chi connectivity index (χ0v) is 13.7. The molecule has 0 aromatic carbocycles. The van der Waals surface area contributed by atoms with Crippen LogP contribution in [0.3, 0.4) is 0 Å². The number of sulfonamides is 1. The third-order valence-electron chi connectivity index (χ3n) is 2.22. The van der Waals surface area contributed by atoms with Gasteiger partial charge < -0.3 is 5.32 Å². The van der Waals surface area contributed by atoms with Crippen LogP contribution in [0.15, 0.2) is 9.72 Å². The Hall–Kier alpha value is -1.43. The number of thiazole rings is 1. The van der Waals surface area contributed by atoms with E-state index < -0.39 is 10.0 Å². The molecule has 0 aliphatic carbocycles. The van der Waals surface area contributed by atoms with Crippen LogP contribution in [0.1, 0.15) is 17.6 Å². The lowest BCUT2D eigenvalue weighted by Crippen LogP contribution is -2.25. The minimum atomic E-state index is -3.72. The first-order chi connectivity index (χ1) is 9.87. The molecule has 0 spiro atoms. The Balaban J connectivity index is 1.94. The van der Waals surface area contributed by atoms with Crippen LogP contribution in [-0.4, -0.2) is 36.1 Å². The number of amides is 1. The van der Waals surface area contributed by atoms with Crippen molar-refractivity contribution in [3.8, 4) is 0 Å². The van der Waals surface area contributed by atoms with Gasteiger partial charge in [-0.25, -0.2) is 18.1 Å². The molecule has 0 fully saturated rings. The summed E-state index contributed by atoms with van der Waals surface area (Å²) in [4.78, 5) is 15.1. The highest BCUT2D eigenvalue weighted by Crippen LogP contribution is 2.19. The topological polar surface area (TPSA) is 114 Å². The number of aromatic nitrogens is 3. The first kappa shape index (κ1) is 15.9. The van der Waals surface area contributed by atoms with Crippen molar-refractivity contribution in [3.63, 3.8) is 0 Å². The molecule has 2 aromatic heterocycles. The van der Waals surface area contributed by atoms with Crippen molar-refractivity contribution in [1.82, 2.24) is 19.9 Å². The number of carbonyl (C=O) groups excluding carboxylic acids is 1. The average Bonchev–Trinajstić information content (AvgIpc) is 2.98. The summed E-state index contributed by atoms with van der Waals surface area (Å²) in [6, 6.07) is 0. The Labute approximate surface area is 129 Å². The standard InChI is InChI=1S/C10H13N5O3S3/c1-6-5-19-8(12-6)3-4-11-21(17,18)10-15-14-9(20-10)13-7(2)16/h5,11H,3-4H2,1-2H3,(H,13,14,16). The highest BCUT2D eigenvalue weighted by atomic mass is 32.2. The summed E-state index contributed by atoms with van der Waals surface area (Å²) in [7, 11) is -3.72. The van der Waals surface area contributed by atoms with Gasteiger partial charge in [-0.15, -0.1) is 21.5 Å². The van der Waals surface area contributed by atoms with E-state index in [2.05, 4.69) is 25.2 Å². The predicted octanol–water partition coefficient (Wildman–Crippen LogP) is 0.782. The first-order valence-corrected chi connectivity index (χ1v) is 9.06. The molecule has 2 rings (SSSR count). The maximum absolute atomic E-state index is 12.0. The van der Waals surface area contributed by atoms with Crippen LogP contribution >= 0.6 is 22.7 Å². The van der Waals surface area contributed by atoms with E-state index in [1.165, 1.54) is 18.3 Å². The van der Waals surface area contributed by atoms with Crippen molar-refractivity contribution in [2.45, 2.75) is 24.6 Å². The molecular formula is C10H13N5O3S3. The third-order valence-corrected chi connectivity index (χ3v) is 5.91. The van der Waals surface area contributed by atoms with Gasteiger partial charge in [0.2, 0.25) is 15.4 Å². The van der Waals surface area contributed by atoms with E-state index in [4.69, 9.17) is 0 Å². The number of anilines is 1. The molecule has 2 aromatic rings. The van der Waals surface area contributed by atoms with E-state index in [1.54, 1.807) is 0 Å². The van der Waals surface area contributed by atoms with Gasteiger partial charge in [0.25, 0.3) is 10.0 Å². The van der Waals surface area contributed by atoms with Gasteiger partial charge in [0.05, 0.1) is 5.01 Å². The summed E-state index contributed by atoms with van der Waals surface area (Å²) in [5.41, 5.74) is 0.918. The van der Waals surface area contributed by atoms with Gasteiger partial charge in [-0.05, 0) is 6.92 Å². The Bertz CT molecular complexity index is 737. The normalized spacial score (nSPS) is 11.5. The SMILES string of the molecule is CC(=O)Nc1nnc(S(=O)(=O)NCCc2nc(C)cs2)s1. The summed E-state index contributed by atoms with van der Waals surface area (Å²) in [6.07, 6.45) is 0.509. The van der Waals surface area contributed by atoms with Gasteiger partial charge in [-0.3, -0.25) is 4.79 Å². The van der Waals surface area contributed by atoms with Crippen molar-refractivity contribution < 1.29 is 13.2 Å². The molecule has 0 bridgehead atoms. The lowest BCUT2D eigenvalue weighted by Gasteiger charge is -2.01. The molecule has 0 aliphatic heterocycles. The van der Waals surface area contributed by atoms with Gasteiger partial charge in [0.1, 0.15) is 0 Å². The Morgan fingerprint density at radius 3 is 2.76 bits per heavy atom.